The molecule has 5 heteroatoms. The van der Waals surface area contributed by atoms with Gasteiger partial charge in [-0.3, -0.25) is 0 Å². The number of nitrogens with one attached hydrogen (secondary N) is 2. The molecule has 1 saturated carbocycles. The van der Waals surface area contributed by atoms with E-state index in [2.05, 4.69) is 40.0 Å². The van der Waals surface area contributed by atoms with Crippen molar-refractivity contribution in [2.75, 3.05) is 11.6 Å². The van der Waals surface area contributed by atoms with Gasteiger partial charge in [0.25, 0.3) is 0 Å². The number of anilines is 1. The maximum Gasteiger partial charge on any atom is 0.407 e. The van der Waals surface area contributed by atoms with Crippen molar-refractivity contribution in [3.05, 3.63) is 29.8 Å². The van der Waals surface area contributed by atoms with Crippen LogP contribution in [0.25, 0.3) is 0 Å². The molecule has 0 bridgehead atoms. The second kappa shape index (κ2) is 6.40. The molecule has 5 nitrogen and oxygen atoms in total. The number of amides is 1. The summed E-state index contributed by atoms with van der Waals surface area (Å²) in [7, 11) is 0. The van der Waals surface area contributed by atoms with Gasteiger partial charge in [0.2, 0.25) is 0 Å². The predicted molar refractivity (Wildman–Crippen MR) is 91.1 cm³/mol. The highest BCUT2D eigenvalue weighted by molar-refractivity contribution is 5.68. The number of nitrogens with zero attached hydrogens (tertiary/aromatic N) is 1. The summed E-state index contributed by atoms with van der Waals surface area (Å²) in [6, 6.07) is 8.73. The molecule has 1 heterocycles. The van der Waals surface area contributed by atoms with Crippen molar-refractivity contribution < 1.29 is 9.53 Å². The molecule has 2 N–H and O–H groups in total. The Morgan fingerprint density at radius 2 is 2.13 bits per heavy atom. The number of alkyl carbamates (subject to hydrolysis) is 1. The van der Waals surface area contributed by atoms with Gasteiger partial charge in [0.05, 0.1) is 5.69 Å². The Labute approximate surface area is 138 Å². The smallest absolute Gasteiger partial charge is 0.407 e. The van der Waals surface area contributed by atoms with Crippen LogP contribution in [0.1, 0.15) is 45.6 Å². The van der Waals surface area contributed by atoms with E-state index >= 15 is 0 Å². The van der Waals surface area contributed by atoms with Crippen LogP contribution in [-0.2, 0) is 11.3 Å². The summed E-state index contributed by atoms with van der Waals surface area (Å²) in [5, 5.41) is 5.27. The van der Waals surface area contributed by atoms with E-state index in [1.54, 1.807) is 0 Å². The monoisotopic (exact) mass is 317 g/mol. The van der Waals surface area contributed by atoms with Crippen molar-refractivity contribution in [1.29, 1.82) is 0 Å². The molecule has 1 fully saturated rings. The molecule has 2 atom stereocenters. The van der Waals surface area contributed by atoms with Gasteiger partial charge >= 0.3 is 6.09 Å². The summed E-state index contributed by atoms with van der Waals surface area (Å²) in [6.45, 7) is 7.56. The Hall–Kier alpha value is -1.75. The Morgan fingerprint density at radius 1 is 1.35 bits per heavy atom. The molecule has 126 valence electrons. The molecular formula is C18H27N3O2. The molecule has 0 radical (unpaired) electrons. The molecular weight excluding hydrogens is 290 g/mol. The molecule has 1 aromatic carbocycles. The molecule has 0 unspecified atom stereocenters. The Kier molecular flexibility index (Phi) is 4.48. The van der Waals surface area contributed by atoms with E-state index < -0.39 is 5.60 Å². The minimum Gasteiger partial charge on any atom is -0.444 e. The standard InChI is InChI=1S/C18H27N3O2/c1-18(2,3)23-17(22)20-15-9-8-13(10-15)12-21-16-7-5-4-6-14(16)11-19-21/h4-7,13,15,19H,8-12H2,1-3H3,(H,20,22)/t13-,15+/m1/s1. The van der Waals surface area contributed by atoms with Gasteiger partial charge in [0.1, 0.15) is 5.60 Å². The zero-order valence-corrected chi connectivity index (χ0v) is 14.3. The van der Waals surface area contributed by atoms with Crippen LogP contribution < -0.4 is 15.8 Å². The lowest BCUT2D eigenvalue weighted by molar-refractivity contribution is 0.0504. The number of hydrazine groups is 1. The lowest BCUT2D eigenvalue weighted by Gasteiger charge is -2.24. The van der Waals surface area contributed by atoms with Crippen LogP contribution in [0.2, 0.25) is 0 Å². The van der Waals surface area contributed by atoms with Gasteiger partial charge in [-0.25, -0.2) is 10.2 Å². The lowest BCUT2D eigenvalue weighted by atomic mass is 10.1. The molecule has 1 aromatic rings. The number of hydrogen-bond donors (Lipinski definition) is 2. The summed E-state index contributed by atoms with van der Waals surface area (Å²) >= 11 is 0. The number of carbonyl (C=O) groups excluding carboxylic acids is 1. The molecule has 1 aliphatic heterocycles. The largest absolute Gasteiger partial charge is 0.444 e. The highest BCUT2D eigenvalue weighted by Crippen LogP contribution is 2.31. The zero-order chi connectivity index (χ0) is 16.4. The molecule has 0 aromatic heterocycles. The molecule has 0 saturated heterocycles. The first kappa shape index (κ1) is 16.1. The summed E-state index contributed by atoms with van der Waals surface area (Å²) < 4.78 is 5.34. The molecule has 1 aliphatic carbocycles. The third kappa shape index (κ3) is 4.16. The van der Waals surface area contributed by atoms with E-state index in [0.29, 0.717) is 5.92 Å². The maximum absolute atomic E-state index is 11.9. The van der Waals surface area contributed by atoms with E-state index in [0.717, 1.165) is 32.4 Å². The molecule has 2 aliphatic rings. The van der Waals surface area contributed by atoms with Gasteiger partial charge in [-0.2, -0.15) is 0 Å². The van der Waals surface area contributed by atoms with E-state index in [1.165, 1.54) is 11.3 Å². The minimum atomic E-state index is -0.439. The summed E-state index contributed by atoms with van der Waals surface area (Å²) in [4.78, 5) is 11.9. The number of carbonyl (C=O) groups is 1. The average molecular weight is 317 g/mol. The number of para-hydroxylation sites is 1. The van der Waals surface area contributed by atoms with Crippen LogP contribution in [0.4, 0.5) is 10.5 Å². The molecule has 1 amide bonds. The van der Waals surface area contributed by atoms with Gasteiger partial charge in [0.15, 0.2) is 0 Å². The van der Waals surface area contributed by atoms with Crippen LogP contribution >= 0.6 is 0 Å². The van der Waals surface area contributed by atoms with Gasteiger partial charge < -0.3 is 15.1 Å². The van der Waals surface area contributed by atoms with E-state index in [4.69, 9.17) is 4.74 Å². The van der Waals surface area contributed by atoms with Crippen LogP contribution in [-0.4, -0.2) is 24.3 Å². The van der Waals surface area contributed by atoms with Gasteiger partial charge in [-0.05, 0) is 57.6 Å². The summed E-state index contributed by atoms with van der Waals surface area (Å²) in [6.07, 6.45) is 2.88. The number of fused-ring (bicyclic) bond motifs is 1. The van der Waals surface area contributed by atoms with Gasteiger partial charge in [-0.1, -0.05) is 18.2 Å². The third-order valence-corrected chi connectivity index (χ3v) is 4.45. The molecule has 3 rings (SSSR count). The minimum absolute atomic E-state index is 0.229. The highest BCUT2D eigenvalue weighted by Gasteiger charge is 2.30. The summed E-state index contributed by atoms with van der Waals surface area (Å²) in [5.41, 5.74) is 5.66. The predicted octanol–water partition coefficient (Wildman–Crippen LogP) is 3.20. The third-order valence-electron chi connectivity index (χ3n) is 4.45. The van der Waals surface area contributed by atoms with Gasteiger partial charge in [-0.15, -0.1) is 0 Å². The first-order chi connectivity index (χ1) is 10.9. The van der Waals surface area contributed by atoms with Crippen molar-refractivity contribution in [1.82, 2.24) is 10.7 Å². The zero-order valence-electron chi connectivity index (χ0n) is 14.3. The fraction of sp³-hybridized carbons (Fsp3) is 0.611. The Bertz CT molecular complexity index is 568. The average Bonchev–Trinajstić information content (AvgIpc) is 3.05. The Balaban J connectivity index is 1.48. The normalized spacial score (nSPS) is 23.7. The topological polar surface area (TPSA) is 53.6 Å². The van der Waals surface area contributed by atoms with Crippen LogP contribution in [0.15, 0.2) is 24.3 Å². The van der Waals surface area contributed by atoms with Crippen molar-refractivity contribution in [3.8, 4) is 0 Å². The first-order valence-corrected chi connectivity index (χ1v) is 8.49. The van der Waals surface area contributed by atoms with E-state index in [1.807, 2.05) is 20.8 Å². The SMILES string of the molecule is CC(C)(C)OC(=O)N[C@H]1CC[C@@H](CN2NCc3ccccc32)C1. The quantitative estimate of drug-likeness (QED) is 0.899. The second-order valence-electron chi connectivity index (χ2n) is 7.60. The molecule has 23 heavy (non-hydrogen) atoms. The summed E-state index contributed by atoms with van der Waals surface area (Å²) in [5.74, 6) is 0.591. The maximum atomic E-state index is 11.9. The van der Waals surface area contributed by atoms with Crippen LogP contribution in [0.5, 0.6) is 0 Å². The number of benzene rings is 1. The van der Waals surface area contributed by atoms with Gasteiger partial charge in [0, 0.05) is 19.1 Å². The second-order valence-corrected chi connectivity index (χ2v) is 7.60. The van der Waals surface area contributed by atoms with E-state index in [-0.39, 0.29) is 12.1 Å². The lowest BCUT2D eigenvalue weighted by Crippen LogP contribution is -2.39. The van der Waals surface area contributed by atoms with Crippen LogP contribution in [0.3, 0.4) is 0 Å². The van der Waals surface area contributed by atoms with Crippen molar-refractivity contribution in [2.24, 2.45) is 5.92 Å². The van der Waals surface area contributed by atoms with Crippen molar-refractivity contribution >= 4 is 11.8 Å². The van der Waals surface area contributed by atoms with Crippen LogP contribution in [0, 0.1) is 5.92 Å². The first-order valence-electron chi connectivity index (χ1n) is 8.49. The van der Waals surface area contributed by atoms with Crippen molar-refractivity contribution in [3.63, 3.8) is 0 Å². The van der Waals surface area contributed by atoms with Crippen molar-refractivity contribution in [2.45, 2.75) is 58.2 Å². The number of ether oxygens (including phenoxy) is 1. The Morgan fingerprint density at radius 3 is 2.91 bits per heavy atom. The van der Waals surface area contributed by atoms with E-state index in [9.17, 15) is 4.79 Å². The number of hydrogen-bond acceptors (Lipinski definition) is 4. The number of rotatable bonds is 3. The highest BCUT2D eigenvalue weighted by atomic mass is 16.6. The molecule has 0 spiro atoms. The fourth-order valence-corrected chi connectivity index (χ4v) is 3.46. The fourth-order valence-electron chi connectivity index (χ4n) is 3.46.